The van der Waals surface area contributed by atoms with Crippen molar-refractivity contribution < 1.29 is 80.4 Å². The molecule has 15 heteroatoms. The molecule has 4 radical (unpaired) electrons. The van der Waals surface area contributed by atoms with Gasteiger partial charge in [0.2, 0.25) is 0 Å². The summed E-state index contributed by atoms with van der Waals surface area (Å²) >= 11 is 0. The molecule has 0 saturated heterocycles. The fraction of sp³-hybridized carbons (Fsp3) is 0.278. The number of pyridine rings is 5. The van der Waals surface area contributed by atoms with Gasteiger partial charge in [-0.05, 0) is 118 Å². The molecule has 0 N–H and O–H groups in total. The number of benzene rings is 6. The molecule has 0 amide bonds. The van der Waals surface area contributed by atoms with Crippen LogP contribution in [-0.2, 0) is 107 Å². The smallest absolute Gasteiger partial charge is 0.102 e. The van der Waals surface area contributed by atoms with Gasteiger partial charge in [0, 0.05) is 108 Å². The molecule has 0 fully saturated rings. The number of para-hydroxylation sites is 6. The van der Waals surface area contributed by atoms with E-state index in [1.165, 1.54) is 27.9 Å². The Bertz CT molecular complexity index is 5340. The molecule has 0 bridgehead atoms. The fourth-order valence-corrected chi connectivity index (χ4v) is 12.0. The molecule has 0 spiro atoms. The van der Waals surface area contributed by atoms with Crippen LogP contribution in [-0.4, -0.2) is 52.5 Å². The summed E-state index contributed by atoms with van der Waals surface area (Å²) in [4.78, 5) is 34.1. The second kappa shape index (κ2) is 26.5. The van der Waals surface area contributed by atoms with Gasteiger partial charge in [0.1, 0.15) is 5.82 Å². The third-order valence-corrected chi connectivity index (χ3v) is 16.9. The van der Waals surface area contributed by atoms with Crippen LogP contribution in [0.25, 0.3) is 110 Å². The fourth-order valence-electron chi connectivity index (χ4n) is 12.0. The number of fused-ring (bicyclic) bond motifs is 20. The molecule has 0 aliphatic carbocycles. The number of hydrogen-bond donors (Lipinski definition) is 0. The Labute approximate surface area is 604 Å². The molecule has 0 aliphatic heterocycles. The van der Waals surface area contributed by atoms with Crippen molar-refractivity contribution in [1.82, 2.24) is 52.5 Å². The Morgan fingerprint density at radius 1 is 0.319 bits per heavy atom. The van der Waals surface area contributed by atoms with E-state index in [2.05, 4.69) is 245 Å². The summed E-state index contributed by atoms with van der Waals surface area (Å²) in [7, 11) is 0. The zero-order valence-electron chi connectivity index (χ0n) is 56.3. The minimum atomic E-state index is -0.0637. The quantitative estimate of drug-likeness (QED) is 0.139. The average molecular weight is 1950 g/mol. The Hall–Kier alpha value is -7.01. The Balaban J connectivity index is 0.000000146. The van der Waals surface area contributed by atoms with Crippen molar-refractivity contribution in [3.63, 3.8) is 0 Å². The first-order valence-electron chi connectivity index (χ1n) is 31.2. The van der Waals surface area contributed by atoms with E-state index in [1.54, 1.807) is 0 Å². The van der Waals surface area contributed by atoms with Gasteiger partial charge < -0.3 is 27.6 Å². The molecule has 16 aromatic rings. The summed E-state index contributed by atoms with van der Waals surface area (Å²) in [5.74, 6) is 1.03. The summed E-state index contributed by atoms with van der Waals surface area (Å²) in [5, 5.41) is 5.22. The molecule has 488 valence electrons. The predicted octanol–water partition coefficient (Wildman–Crippen LogP) is 19.0. The zero-order chi connectivity index (χ0) is 63.6. The minimum absolute atomic E-state index is 0. The first-order chi connectivity index (χ1) is 42.6. The number of nitrogens with zero attached hydrogens (tertiary/aromatic N) is 11. The van der Waals surface area contributed by atoms with E-state index >= 15 is 0 Å². The van der Waals surface area contributed by atoms with Gasteiger partial charge in [-0.3, -0.25) is 24.9 Å². The third-order valence-electron chi connectivity index (χ3n) is 16.9. The standard InChI is InChI=1S/C22H24N3.C20H20N3.C19H17N2.C18H16N3.4Ir/c1-21(2,3)18-12-11-14-16(23-18)13-19(22(4,5)6)25-17-10-8-7-9-15(17)24-20(14)25;1-12-10-16-17(11-13(12)2)23-9-8-15-14(19(23)22-16)6-7-18(21-15)20(3,4)5;1-19(2,3)17-12-13-8-4-5-9-14(13)18-20-15-10-6-7-11-16(15)21(17)18;1-18(2,3)17-20-13-9-5-4-8-12(13)16-19-14-10-6-7-11-15(14)21(16)17;;;;/h7-10,12-13H,1-6H3;7-11H,1-5H3;4-8,10-12H,1-3H3;4-7,9-11H,1-3H3;;;;/q4*-1;;;;. The summed E-state index contributed by atoms with van der Waals surface area (Å²) in [6.45, 7) is 37.3. The van der Waals surface area contributed by atoms with Gasteiger partial charge in [-0.2, -0.15) is 0 Å². The third kappa shape index (κ3) is 13.2. The molecule has 0 unspecified atom stereocenters. The molecule has 0 aliphatic rings. The van der Waals surface area contributed by atoms with Crippen molar-refractivity contribution in [3.8, 4) is 0 Å². The molecule has 0 atom stereocenters. The number of rotatable bonds is 0. The molecule has 94 heavy (non-hydrogen) atoms. The van der Waals surface area contributed by atoms with Crippen LogP contribution in [0.3, 0.4) is 0 Å². The second-order valence-electron chi connectivity index (χ2n) is 29.1. The summed E-state index contributed by atoms with van der Waals surface area (Å²) in [6, 6.07) is 65.3. The maximum absolute atomic E-state index is 4.96. The van der Waals surface area contributed by atoms with Crippen molar-refractivity contribution >= 4 is 110 Å². The maximum Gasteiger partial charge on any atom is 0.102 e. The van der Waals surface area contributed by atoms with Crippen LogP contribution in [0.1, 0.15) is 144 Å². The molecule has 10 aromatic heterocycles. The normalized spacial score (nSPS) is 12.2. The van der Waals surface area contributed by atoms with Gasteiger partial charge in [-0.1, -0.05) is 175 Å². The van der Waals surface area contributed by atoms with Crippen LogP contribution in [0.2, 0.25) is 0 Å². The summed E-state index contributed by atoms with van der Waals surface area (Å²) in [5.41, 5.74) is 22.4. The van der Waals surface area contributed by atoms with Gasteiger partial charge in [0.25, 0.3) is 0 Å². The topological polar surface area (TPSA) is 108 Å². The molecule has 11 nitrogen and oxygen atoms in total. The van der Waals surface area contributed by atoms with Gasteiger partial charge in [-0.25, -0.2) is 0 Å². The molecule has 0 saturated carbocycles. The van der Waals surface area contributed by atoms with Crippen molar-refractivity contribution in [2.45, 2.75) is 145 Å². The van der Waals surface area contributed by atoms with Crippen LogP contribution >= 0.6 is 0 Å². The van der Waals surface area contributed by atoms with Crippen LogP contribution in [0, 0.1) is 38.1 Å². The average Bonchev–Trinajstić information content (AvgIpc) is 1.50. The molecular formula is C79H77Ir4N11-4. The van der Waals surface area contributed by atoms with Crippen LogP contribution in [0.5, 0.6) is 0 Å². The van der Waals surface area contributed by atoms with E-state index < -0.39 is 0 Å². The van der Waals surface area contributed by atoms with Gasteiger partial charge in [0.05, 0.1) is 66.7 Å². The first-order valence-corrected chi connectivity index (χ1v) is 31.2. The van der Waals surface area contributed by atoms with Crippen LogP contribution in [0.4, 0.5) is 0 Å². The molecule has 16 rings (SSSR count). The van der Waals surface area contributed by atoms with Crippen LogP contribution < -0.4 is 0 Å². The van der Waals surface area contributed by atoms with Crippen molar-refractivity contribution in [2.75, 3.05) is 0 Å². The number of imidazole rings is 4. The Morgan fingerprint density at radius 2 is 0.734 bits per heavy atom. The van der Waals surface area contributed by atoms with Gasteiger partial charge in [0.15, 0.2) is 0 Å². The molecular weight excluding hydrogens is 1870 g/mol. The Kier molecular flexibility index (Phi) is 20.1. The van der Waals surface area contributed by atoms with E-state index in [0.29, 0.717) is 0 Å². The first kappa shape index (κ1) is 71.3. The predicted molar refractivity (Wildman–Crippen MR) is 373 cm³/mol. The van der Waals surface area contributed by atoms with Crippen LogP contribution in [0.15, 0.2) is 158 Å². The van der Waals surface area contributed by atoms with Gasteiger partial charge >= 0.3 is 0 Å². The largest absolute Gasteiger partial charge is 0.348 e. The van der Waals surface area contributed by atoms with E-state index in [9.17, 15) is 0 Å². The monoisotopic (exact) mass is 1950 g/mol. The van der Waals surface area contributed by atoms with E-state index in [-0.39, 0.29) is 107 Å². The molecule has 6 aromatic carbocycles. The van der Waals surface area contributed by atoms with Crippen molar-refractivity contribution in [2.24, 2.45) is 0 Å². The van der Waals surface area contributed by atoms with E-state index in [1.807, 2.05) is 72.8 Å². The number of aryl methyl sites for hydroxylation is 2. The molecule has 10 heterocycles. The zero-order valence-corrected chi connectivity index (χ0v) is 65.8. The second-order valence-corrected chi connectivity index (χ2v) is 29.1. The van der Waals surface area contributed by atoms with Gasteiger partial charge in [-0.15, -0.1) is 83.6 Å². The summed E-state index contributed by atoms with van der Waals surface area (Å²) in [6.07, 6.45) is 2.06. The van der Waals surface area contributed by atoms with E-state index in [4.69, 9.17) is 34.9 Å². The minimum Gasteiger partial charge on any atom is -0.348 e. The van der Waals surface area contributed by atoms with Crippen molar-refractivity contribution in [3.05, 3.63) is 222 Å². The van der Waals surface area contributed by atoms with E-state index in [0.717, 1.165) is 122 Å². The SMILES string of the molecule is CC(C)(C)c1c[c-]c2c(cc(C(C)(C)C)n3c4ccccc4nc23)n1.CC(C)(C)c1cc2ccc[c-]c2c2nc3ccccc3n12.CC(C)(C)c1nc2ccc[c-]c2c2nc3ccccc3n12.Cc1cc2nc3c4[c-]cc(C(C)(C)C)nc4ccn3c2cc1C.[Ir].[Ir].[Ir].[Ir]. The number of hydrogen-bond acceptors (Lipinski definition) is 7. The Morgan fingerprint density at radius 3 is 1.27 bits per heavy atom. The van der Waals surface area contributed by atoms with Crippen molar-refractivity contribution in [1.29, 1.82) is 0 Å². The maximum atomic E-state index is 4.96. The summed E-state index contributed by atoms with van der Waals surface area (Å²) < 4.78 is 8.87. The number of aromatic nitrogens is 11.